The van der Waals surface area contributed by atoms with Crippen molar-refractivity contribution in [2.75, 3.05) is 12.4 Å². The minimum atomic E-state index is -0.979. The second-order valence-corrected chi connectivity index (χ2v) is 4.29. The van der Waals surface area contributed by atoms with Crippen LogP contribution in [0.15, 0.2) is 6.33 Å². The van der Waals surface area contributed by atoms with Crippen LogP contribution in [-0.4, -0.2) is 43.5 Å². The van der Waals surface area contributed by atoms with Gasteiger partial charge in [-0.2, -0.15) is 14.4 Å². The third-order valence-corrected chi connectivity index (χ3v) is 3.09. The topological polar surface area (TPSA) is 99.1 Å². The van der Waals surface area contributed by atoms with Crippen LogP contribution in [0.4, 0.5) is 14.6 Å². The van der Waals surface area contributed by atoms with Gasteiger partial charge in [0, 0.05) is 6.42 Å². The van der Waals surface area contributed by atoms with Crippen LogP contribution in [0, 0.1) is 6.08 Å². The SMILES string of the molecule is Nc1nc(F)nc2c1ncn2[C@H]1CC(O)[C@@H](CF)O1. The van der Waals surface area contributed by atoms with E-state index in [0.29, 0.717) is 0 Å². The first-order valence-electron chi connectivity index (χ1n) is 5.65. The number of rotatable bonds is 2. The molecule has 0 radical (unpaired) electrons. The largest absolute Gasteiger partial charge is 0.390 e. The van der Waals surface area contributed by atoms with E-state index >= 15 is 0 Å². The molecule has 0 aliphatic carbocycles. The lowest BCUT2D eigenvalue weighted by Gasteiger charge is -2.13. The quantitative estimate of drug-likeness (QED) is 0.755. The summed E-state index contributed by atoms with van der Waals surface area (Å²) in [7, 11) is 0. The van der Waals surface area contributed by atoms with E-state index in [2.05, 4.69) is 15.0 Å². The van der Waals surface area contributed by atoms with E-state index in [1.165, 1.54) is 10.9 Å². The van der Waals surface area contributed by atoms with Gasteiger partial charge < -0.3 is 15.6 Å². The molecule has 3 rings (SSSR count). The molecule has 1 unspecified atom stereocenters. The predicted octanol–water partition coefficient (Wildman–Crippen LogP) is 0.166. The van der Waals surface area contributed by atoms with Gasteiger partial charge in [0.25, 0.3) is 0 Å². The Balaban J connectivity index is 2.02. The first-order chi connectivity index (χ1) is 9.10. The number of nitrogens with two attached hydrogens (primary N) is 1. The molecule has 0 aromatic carbocycles. The highest BCUT2D eigenvalue weighted by Crippen LogP contribution is 2.31. The summed E-state index contributed by atoms with van der Waals surface area (Å²) < 4.78 is 32.5. The summed E-state index contributed by atoms with van der Waals surface area (Å²) in [5.41, 5.74) is 5.93. The average Bonchev–Trinajstić information content (AvgIpc) is 2.92. The Bertz CT molecular complexity index is 619. The number of hydrogen-bond acceptors (Lipinski definition) is 6. The number of imidazole rings is 1. The van der Waals surface area contributed by atoms with E-state index in [9.17, 15) is 13.9 Å². The lowest BCUT2D eigenvalue weighted by Crippen LogP contribution is -2.22. The molecule has 2 aromatic rings. The van der Waals surface area contributed by atoms with E-state index in [1.807, 2.05) is 0 Å². The fourth-order valence-electron chi connectivity index (χ4n) is 2.15. The maximum atomic E-state index is 13.2. The predicted molar refractivity (Wildman–Crippen MR) is 60.2 cm³/mol. The van der Waals surface area contributed by atoms with Gasteiger partial charge in [0.05, 0.1) is 12.4 Å². The monoisotopic (exact) mass is 271 g/mol. The highest BCUT2D eigenvalue weighted by Gasteiger charge is 2.35. The molecule has 0 bridgehead atoms. The fraction of sp³-hybridized carbons (Fsp3) is 0.500. The van der Waals surface area contributed by atoms with Crippen LogP contribution in [-0.2, 0) is 4.74 Å². The van der Waals surface area contributed by atoms with Crippen molar-refractivity contribution in [1.29, 1.82) is 0 Å². The Kier molecular flexibility index (Phi) is 2.79. The maximum absolute atomic E-state index is 13.2. The minimum Gasteiger partial charge on any atom is -0.390 e. The van der Waals surface area contributed by atoms with E-state index in [1.54, 1.807) is 0 Å². The lowest BCUT2D eigenvalue weighted by atomic mass is 10.2. The number of fused-ring (bicyclic) bond motifs is 1. The Morgan fingerprint density at radius 1 is 1.53 bits per heavy atom. The third kappa shape index (κ3) is 1.90. The molecule has 0 amide bonds. The molecule has 1 aliphatic heterocycles. The van der Waals surface area contributed by atoms with E-state index in [0.717, 1.165) is 0 Å². The molecule has 19 heavy (non-hydrogen) atoms. The second-order valence-electron chi connectivity index (χ2n) is 4.29. The summed E-state index contributed by atoms with van der Waals surface area (Å²) in [6, 6.07) is 0. The molecule has 102 valence electrons. The van der Waals surface area contributed by atoms with Gasteiger partial charge in [0.2, 0.25) is 0 Å². The highest BCUT2D eigenvalue weighted by molar-refractivity contribution is 5.81. The minimum absolute atomic E-state index is 0.0816. The van der Waals surface area contributed by atoms with Gasteiger partial charge >= 0.3 is 6.08 Å². The highest BCUT2D eigenvalue weighted by atomic mass is 19.1. The first-order valence-corrected chi connectivity index (χ1v) is 5.65. The third-order valence-electron chi connectivity index (χ3n) is 3.09. The first kappa shape index (κ1) is 12.2. The molecule has 1 saturated heterocycles. The van der Waals surface area contributed by atoms with Crippen molar-refractivity contribution >= 4 is 17.0 Å². The zero-order valence-corrected chi connectivity index (χ0v) is 9.70. The van der Waals surface area contributed by atoms with Crippen molar-refractivity contribution in [2.45, 2.75) is 24.9 Å². The van der Waals surface area contributed by atoms with Gasteiger partial charge in [0.1, 0.15) is 19.0 Å². The zero-order valence-electron chi connectivity index (χ0n) is 9.70. The maximum Gasteiger partial charge on any atom is 0.312 e. The van der Waals surface area contributed by atoms with Crippen molar-refractivity contribution in [1.82, 2.24) is 19.5 Å². The van der Waals surface area contributed by atoms with Gasteiger partial charge in [-0.1, -0.05) is 0 Å². The number of anilines is 1. The number of alkyl halides is 1. The zero-order chi connectivity index (χ0) is 13.6. The van der Waals surface area contributed by atoms with Crippen LogP contribution in [0.5, 0.6) is 0 Å². The average molecular weight is 271 g/mol. The van der Waals surface area contributed by atoms with Crippen LogP contribution in [0.3, 0.4) is 0 Å². The molecule has 1 aliphatic rings. The summed E-state index contributed by atoms with van der Waals surface area (Å²) in [5, 5.41) is 9.61. The van der Waals surface area contributed by atoms with Crippen molar-refractivity contribution in [3.05, 3.63) is 12.4 Å². The summed E-state index contributed by atoms with van der Waals surface area (Å²) in [5.74, 6) is -0.0816. The Morgan fingerprint density at radius 3 is 3.00 bits per heavy atom. The lowest BCUT2D eigenvalue weighted by molar-refractivity contribution is -0.0280. The summed E-state index contributed by atoms with van der Waals surface area (Å²) in [6.07, 6.45) is -1.93. The van der Waals surface area contributed by atoms with Crippen molar-refractivity contribution in [2.24, 2.45) is 0 Å². The van der Waals surface area contributed by atoms with Crippen molar-refractivity contribution in [3.63, 3.8) is 0 Å². The summed E-state index contributed by atoms with van der Waals surface area (Å²) in [6.45, 7) is -0.796. The van der Waals surface area contributed by atoms with Gasteiger partial charge in [-0.05, 0) is 0 Å². The van der Waals surface area contributed by atoms with Crippen molar-refractivity contribution in [3.8, 4) is 0 Å². The molecule has 3 atom stereocenters. The Hall–Kier alpha value is -1.87. The number of hydrogen-bond donors (Lipinski definition) is 2. The number of nitrogens with zero attached hydrogens (tertiary/aromatic N) is 4. The number of aliphatic hydroxyl groups is 1. The van der Waals surface area contributed by atoms with Gasteiger partial charge in [-0.25, -0.2) is 9.37 Å². The van der Waals surface area contributed by atoms with Crippen LogP contribution in [0.1, 0.15) is 12.6 Å². The molecular formula is C10H11F2N5O2. The van der Waals surface area contributed by atoms with E-state index in [-0.39, 0.29) is 23.4 Å². The molecule has 0 spiro atoms. The van der Waals surface area contributed by atoms with Gasteiger partial charge in [-0.15, -0.1) is 0 Å². The Labute approximate surface area is 106 Å². The fourth-order valence-corrected chi connectivity index (χ4v) is 2.15. The van der Waals surface area contributed by atoms with Gasteiger partial charge in [-0.3, -0.25) is 4.57 Å². The van der Waals surface area contributed by atoms with Gasteiger partial charge in [0.15, 0.2) is 17.0 Å². The second kappa shape index (κ2) is 4.35. The van der Waals surface area contributed by atoms with Crippen LogP contribution in [0.25, 0.3) is 11.2 Å². The molecular weight excluding hydrogens is 260 g/mol. The number of ether oxygens (including phenoxy) is 1. The number of aromatic nitrogens is 4. The van der Waals surface area contributed by atoms with Crippen LogP contribution in [0.2, 0.25) is 0 Å². The molecule has 1 fully saturated rings. The normalized spacial score (nSPS) is 27.2. The molecule has 3 N–H and O–H groups in total. The summed E-state index contributed by atoms with van der Waals surface area (Å²) >= 11 is 0. The summed E-state index contributed by atoms with van der Waals surface area (Å²) in [4.78, 5) is 10.9. The van der Waals surface area contributed by atoms with Crippen molar-refractivity contribution < 1.29 is 18.6 Å². The molecule has 3 heterocycles. The van der Waals surface area contributed by atoms with Crippen LogP contribution >= 0.6 is 0 Å². The number of aliphatic hydroxyl groups excluding tert-OH is 1. The number of nitrogen functional groups attached to an aromatic ring is 1. The van der Waals surface area contributed by atoms with E-state index < -0.39 is 31.2 Å². The number of halogens is 2. The molecule has 2 aromatic heterocycles. The van der Waals surface area contributed by atoms with Crippen LogP contribution < -0.4 is 5.73 Å². The Morgan fingerprint density at radius 2 is 2.32 bits per heavy atom. The molecule has 0 saturated carbocycles. The smallest absolute Gasteiger partial charge is 0.312 e. The molecule has 7 nitrogen and oxygen atoms in total. The molecule has 9 heteroatoms. The van der Waals surface area contributed by atoms with E-state index in [4.69, 9.17) is 10.5 Å². The standard InChI is InChI=1S/C10H11F2N5O2/c11-2-5-4(18)1-6(19-5)17-3-14-7-8(13)15-10(12)16-9(7)17/h3-6,18H,1-2H2,(H2,13,15,16)/t4?,5-,6-/m1/s1.